The number of benzene rings is 1. The number of rotatable bonds is 5. The van der Waals surface area contributed by atoms with Crippen molar-refractivity contribution in [2.45, 2.75) is 39.3 Å². The molecule has 0 spiro atoms. The van der Waals surface area contributed by atoms with Crippen LogP contribution in [0.5, 0.6) is 0 Å². The Hall–Kier alpha value is -0.640. The molecule has 0 saturated heterocycles. The second kappa shape index (κ2) is 6.69. The van der Waals surface area contributed by atoms with Crippen molar-refractivity contribution in [1.29, 1.82) is 0 Å². The lowest BCUT2D eigenvalue weighted by Crippen LogP contribution is -2.21. The van der Waals surface area contributed by atoms with Crippen LogP contribution in [0.3, 0.4) is 0 Å². The topological polar surface area (TPSA) is 12.0 Å². The zero-order valence-electron chi connectivity index (χ0n) is 11.6. The van der Waals surface area contributed by atoms with Crippen molar-refractivity contribution < 1.29 is 0 Å². The van der Waals surface area contributed by atoms with E-state index in [9.17, 15) is 0 Å². The molecule has 2 atom stereocenters. The number of nitrogens with one attached hydrogen (secondary N) is 1. The number of halogens is 1. The van der Waals surface area contributed by atoms with Gasteiger partial charge in [-0.2, -0.15) is 0 Å². The zero-order valence-corrected chi connectivity index (χ0v) is 14.0. The molecule has 2 rings (SSSR count). The third-order valence-electron chi connectivity index (χ3n) is 3.33. The molecule has 0 fully saturated rings. The maximum Gasteiger partial charge on any atom is 0.0391 e. The molecule has 0 aliphatic heterocycles. The van der Waals surface area contributed by atoms with Crippen molar-refractivity contribution in [3.63, 3.8) is 0 Å². The molecule has 1 nitrogen and oxygen atoms in total. The summed E-state index contributed by atoms with van der Waals surface area (Å²) in [5, 5.41) is 3.66. The van der Waals surface area contributed by atoms with Crippen LogP contribution >= 0.6 is 27.3 Å². The Morgan fingerprint density at radius 1 is 1.05 bits per heavy atom. The number of hydrogen-bond donors (Lipinski definition) is 1. The van der Waals surface area contributed by atoms with Crippen LogP contribution in [0.15, 0.2) is 40.9 Å². The lowest BCUT2D eigenvalue weighted by molar-refractivity contribution is 0.500. The predicted octanol–water partition coefficient (Wildman–Crippen LogP) is 5.48. The van der Waals surface area contributed by atoms with Crippen molar-refractivity contribution in [1.82, 2.24) is 5.32 Å². The second-order valence-corrected chi connectivity index (χ2v) is 6.93. The van der Waals surface area contributed by atoms with Crippen molar-refractivity contribution in [2.75, 3.05) is 0 Å². The van der Waals surface area contributed by atoms with Crippen LogP contribution in [-0.4, -0.2) is 0 Å². The number of thiophene rings is 1. The Bertz CT molecular complexity index is 518. The van der Waals surface area contributed by atoms with E-state index in [2.05, 4.69) is 78.4 Å². The Kier molecular flexibility index (Phi) is 5.20. The number of aryl methyl sites for hydroxylation is 1. The highest BCUT2D eigenvalue weighted by Crippen LogP contribution is 2.26. The van der Waals surface area contributed by atoms with Gasteiger partial charge in [-0.05, 0) is 50.1 Å². The van der Waals surface area contributed by atoms with Crippen LogP contribution in [0.2, 0.25) is 0 Å². The average Bonchev–Trinajstić information content (AvgIpc) is 2.88. The summed E-state index contributed by atoms with van der Waals surface area (Å²) < 4.78 is 1.13. The van der Waals surface area contributed by atoms with E-state index in [1.807, 2.05) is 11.3 Å². The summed E-state index contributed by atoms with van der Waals surface area (Å²) in [5.41, 5.74) is 1.32. The van der Waals surface area contributed by atoms with Crippen LogP contribution in [0.4, 0.5) is 0 Å². The highest BCUT2D eigenvalue weighted by Gasteiger charge is 2.12. The van der Waals surface area contributed by atoms with Gasteiger partial charge in [0.1, 0.15) is 0 Å². The summed E-state index contributed by atoms with van der Waals surface area (Å²) in [6, 6.07) is 13.8. The molecule has 0 amide bonds. The number of hydrogen-bond acceptors (Lipinski definition) is 2. The maximum absolute atomic E-state index is 3.66. The van der Waals surface area contributed by atoms with Crippen LogP contribution in [-0.2, 0) is 6.42 Å². The van der Waals surface area contributed by atoms with Crippen LogP contribution in [0, 0.1) is 0 Å². The minimum atomic E-state index is 0.357. The molecule has 0 aliphatic rings. The van der Waals surface area contributed by atoms with Crippen LogP contribution in [0.1, 0.15) is 48.2 Å². The molecular weight excluding hydrogens is 318 g/mol. The molecule has 19 heavy (non-hydrogen) atoms. The molecular formula is C16H20BrNS. The molecule has 0 radical (unpaired) electrons. The van der Waals surface area contributed by atoms with Gasteiger partial charge in [-0.25, -0.2) is 0 Å². The smallest absolute Gasteiger partial charge is 0.0391 e. The van der Waals surface area contributed by atoms with Gasteiger partial charge in [-0.1, -0.05) is 35.0 Å². The highest BCUT2D eigenvalue weighted by molar-refractivity contribution is 9.10. The molecule has 1 N–H and O–H groups in total. The predicted molar refractivity (Wildman–Crippen MR) is 87.8 cm³/mol. The third kappa shape index (κ3) is 3.91. The third-order valence-corrected chi connectivity index (χ3v) is 5.27. The average molecular weight is 338 g/mol. The molecule has 1 aromatic heterocycles. The van der Waals surface area contributed by atoms with Crippen molar-refractivity contribution in [2.24, 2.45) is 0 Å². The fraction of sp³-hybridized carbons (Fsp3) is 0.375. The molecule has 102 valence electrons. The second-order valence-electron chi connectivity index (χ2n) is 4.82. The summed E-state index contributed by atoms with van der Waals surface area (Å²) in [6.45, 7) is 6.66. The van der Waals surface area contributed by atoms with Gasteiger partial charge in [0, 0.05) is 26.3 Å². The SMILES string of the molecule is CCc1ccc(C(C)N[C@@H](C)c2ccc(Br)cc2)s1. The fourth-order valence-corrected chi connectivity index (χ4v) is 3.35. The Morgan fingerprint density at radius 3 is 2.32 bits per heavy atom. The Morgan fingerprint density at radius 2 is 1.74 bits per heavy atom. The molecule has 0 saturated carbocycles. The summed E-state index contributed by atoms with van der Waals surface area (Å²) in [6.07, 6.45) is 1.12. The summed E-state index contributed by atoms with van der Waals surface area (Å²) in [5.74, 6) is 0. The molecule has 1 aromatic carbocycles. The summed E-state index contributed by atoms with van der Waals surface area (Å²) in [7, 11) is 0. The first-order valence-corrected chi connectivity index (χ1v) is 8.31. The Balaban J connectivity index is 2.01. The highest BCUT2D eigenvalue weighted by atomic mass is 79.9. The molecule has 1 unspecified atom stereocenters. The van der Waals surface area contributed by atoms with E-state index in [0.29, 0.717) is 12.1 Å². The lowest BCUT2D eigenvalue weighted by atomic mass is 10.1. The quantitative estimate of drug-likeness (QED) is 0.761. The fourth-order valence-electron chi connectivity index (χ4n) is 2.12. The van der Waals surface area contributed by atoms with E-state index in [-0.39, 0.29) is 0 Å². The molecule has 0 aliphatic carbocycles. The summed E-state index contributed by atoms with van der Waals surface area (Å²) in [4.78, 5) is 2.88. The molecule has 2 aromatic rings. The zero-order chi connectivity index (χ0) is 13.8. The van der Waals surface area contributed by atoms with Crippen molar-refractivity contribution >= 4 is 27.3 Å². The van der Waals surface area contributed by atoms with E-state index >= 15 is 0 Å². The van der Waals surface area contributed by atoms with Gasteiger partial charge in [-0.3, -0.25) is 0 Å². The van der Waals surface area contributed by atoms with Gasteiger partial charge < -0.3 is 5.32 Å². The van der Waals surface area contributed by atoms with Gasteiger partial charge in [0.25, 0.3) is 0 Å². The van der Waals surface area contributed by atoms with Gasteiger partial charge >= 0.3 is 0 Å². The molecule has 0 bridgehead atoms. The van der Waals surface area contributed by atoms with Gasteiger partial charge in [0.05, 0.1) is 0 Å². The van der Waals surface area contributed by atoms with Gasteiger partial charge in [0.15, 0.2) is 0 Å². The first-order valence-electron chi connectivity index (χ1n) is 6.70. The van der Waals surface area contributed by atoms with E-state index in [1.54, 1.807) is 0 Å². The monoisotopic (exact) mass is 337 g/mol. The van der Waals surface area contributed by atoms with Crippen LogP contribution in [0.25, 0.3) is 0 Å². The van der Waals surface area contributed by atoms with Crippen LogP contribution < -0.4 is 5.32 Å². The van der Waals surface area contributed by atoms with Crippen molar-refractivity contribution in [3.8, 4) is 0 Å². The van der Waals surface area contributed by atoms with E-state index in [4.69, 9.17) is 0 Å². The van der Waals surface area contributed by atoms with Gasteiger partial charge in [-0.15, -0.1) is 11.3 Å². The van der Waals surface area contributed by atoms with E-state index in [0.717, 1.165) is 10.9 Å². The van der Waals surface area contributed by atoms with E-state index < -0.39 is 0 Å². The maximum atomic E-state index is 3.66. The standard InChI is InChI=1S/C16H20BrNS/c1-4-15-9-10-16(19-15)12(3)18-11(2)13-5-7-14(17)8-6-13/h5-12,18H,4H2,1-3H3/t11-,12?/m0/s1. The largest absolute Gasteiger partial charge is 0.303 e. The van der Waals surface area contributed by atoms with Crippen molar-refractivity contribution in [3.05, 3.63) is 56.2 Å². The lowest BCUT2D eigenvalue weighted by Gasteiger charge is -2.19. The minimum Gasteiger partial charge on any atom is -0.303 e. The van der Waals surface area contributed by atoms with Gasteiger partial charge in [0.2, 0.25) is 0 Å². The summed E-state index contributed by atoms with van der Waals surface area (Å²) >= 11 is 5.38. The minimum absolute atomic E-state index is 0.357. The first kappa shape index (κ1) is 14.8. The Labute approximate surface area is 128 Å². The molecule has 1 heterocycles. The molecule has 3 heteroatoms. The van der Waals surface area contributed by atoms with E-state index in [1.165, 1.54) is 15.3 Å². The first-order chi connectivity index (χ1) is 9.10. The normalized spacial score (nSPS) is 14.3.